The molecule has 0 saturated heterocycles. The number of benzene rings is 3. The molecule has 6 rings (SSSR count). The number of aliphatic carboxylic acids is 1. The maximum Gasteiger partial charge on any atom is 0.303 e. The number of rotatable bonds is 7. The number of nitrogens with zero attached hydrogens (tertiary/aromatic N) is 4. The van der Waals surface area contributed by atoms with Gasteiger partial charge in [-0.25, -0.2) is 14.4 Å². The molecule has 1 aliphatic rings. The number of nitrogen functional groups attached to an aromatic ring is 1. The third-order valence-electron chi connectivity index (χ3n) is 7.68. The first-order valence-electron chi connectivity index (χ1n) is 13.2. The van der Waals surface area contributed by atoms with Crippen molar-refractivity contribution in [2.45, 2.75) is 38.6 Å². The Labute approximate surface area is 234 Å². The largest absolute Gasteiger partial charge is 0.481 e. The van der Waals surface area contributed by atoms with Gasteiger partial charge in [0, 0.05) is 17.4 Å². The second kappa shape index (κ2) is 9.81. The Bertz CT molecular complexity index is 1850. The highest BCUT2D eigenvalue weighted by atomic mass is 19.1. The molecule has 41 heavy (non-hydrogen) atoms. The maximum absolute atomic E-state index is 14.5. The van der Waals surface area contributed by atoms with Crippen molar-refractivity contribution in [3.8, 4) is 11.5 Å². The molecule has 4 N–H and O–H groups in total. The number of aryl methyl sites for hydroxylation is 2. The van der Waals surface area contributed by atoms with Crippen molar-refractivity contribution in [1.29, 1.82) is 0 Å². The van der Waals surface area contributed by atoms with E-state index >= 15 is 0 Å². The van der Waals surface area contributed by atoms with Crippen LogP contribution in [0.4, 0.5) is 16.0 Å². The smallest absolute Gasteiger partial charge is 0.303 e. The molecule has 0 saturated carbocycles. The number of carbonyl (C=O) groups excluding carboxylic acids is 1. The summed E-state index contributed by atoms with van der Waals surface area (Å²) in [5, 5.41) is 17.4. The van der Waals surface area contributed by atoms with E-state index < -0.39 is 11.4 Å². The van der Waals surface area contributed by atoms with Crippen LogP contribution in [0.25, 0.3) is 22.4 Å². The van der Waals surface area contributed by atoms with Gasteiger partial charge in [-0.2, -0.15) is 5.10 Å². The summed E-state index contributed by atoms with van der Waals surface area (Å²) in [5.41, 5.74) is 10.2. The van der Waals surface area contributed by atoms with Gasteiger partial charge in [-0.05, 0) is 49.1 Å². The van der Waals surface area contributed by atoms with Crippen molar-refractivity contribution < 1.29 is 19.1 Å². The number of aromatic nitrogens is 4. The molecule has 0 radical (unpaired) electrons. The van der Waals surface area contributed by atoms with Crippen LogP contribution in [0, 0.1) is 12.7 Å². The summed E-state index contributed by atoms with van der Waals surface area (Å²) in [4.78, 5) is 33.6. The molecular weight excluding hydrogens is 523 g/mol. The molecule has 5 aromatic rings. The number of carboxylic acid groups (broad SMARTS) is 1. The fourth-order valence-corrected chi connectivity index (χ4v) is 5.40. The van der Waals surface area contributed by atoms with Crippen LogP contribution in [-0.4, -0.2) is 36.7 Å². The van der Waals surface area contributed by atoms with E-state index in [1.165, 1.54) is 6.07 Å². The number of hydrogen-bond donors (Lipinski definition) is 3. The van der Waals surface area contributed by atoms with E-state index in [1.807, 2.05) is 37.3 Å². The number of nitrogens with one attached hydrogen (secondary N) is 1. The quantitative estimate of drug-likeness (QED) is 0.264. The molecule has 1 amide bonds. The van der Waals surface area contributed by atoms with E-state index in [2.05, 4.69) is 10.3 Å². The number of carboxylic acids is 1. The van der Waals surface area contributed by atoms with Crippen LogP contribution in [0.15, 0.2) is 66.7 Å². The zero-order chi connectivity index (χ0) is 28.9. The van der Waals surface area contributed by atoms with Crippen LogP contribution >= 0.6 is 0 Å². The molecule has 0 spiro atoms. The number of halogens is 1. The van der Waals surface area contributed by atoms with Crippen LogP contribution in [0.3, 0.4) is 0 Å². The molecule has 10 heteroatoms. The Kier molecular flexibility index (Phi) is 6.25. The summed E-state index contributed by atoms with van der Waals surface area (Å²) in [6.45, 7) is 3.95. The van der Waals surface area contributed by atoms with Crippen molar-refractivity contribution >= 4 is 34.4 Å². The third kappa shape index (κ3) is 4.47. The minimum absolute atomic E-state index is 0.0216. The van der Waals surface area contributed by atoms with Crippen molar-refractivity contribution in [3.05, 3.63) is 100 Å². The highest BCUT2D eigenvalue weighted by molar-refractivity contribution is 6.09. The minimum atomic E-state index is -1.15. The lowest BCUT2D eigenvalue weighted by molar-refractivity contribution is -0.137. The molecule has 9 nitrogen and oxygen atoms in total. The van der Waals surface area contributed by atoms with E-state index in [1.54, 1.807) is 41.9 Å². The van der Waals surface area contributed by atoms with Gasteiger partial charge in [-0.3, -0.25) is 14.3 Å². The summed E-state index contributed by atoms with van der Waals surface area (Å²) < 4.78 is 16.2. The van der Waals surface area contributed by atoms with Crippen molar-refractivity contribution in [1.82, 2.24) is 19.7 Å². The lowest BCUT2D eigenvalue weighted by Crippen LogP contribution is -2.33. The van der Waals surface area contributed by atoms with Gasteiger partial charge in [-0.1, -0.05) is 54.6 Å². The van der Waals surface area contributed by atoms with Gasteiger partial charge >= 0.3 is 5.97 Å². The average molecular weight is 551 g/mol. The van der Waals surface area contributed by atoms with Crippen molar-refractivity contribution in [2.75, 3.05) is 11.1 Å². The van der Waals surface area contributed by atoms with E-state index in [0.29, 0.717) is 34.6 Å². The number of anilines is 2. The molecule has 3 heterocycles. The number of amides is 1. The number of hydrogen-bond acceptors (Lipinski definition) is 6. The zero-order valence-electron chi connectivity index (χ0n) is 22.5. The molecule has 0 fully saturated rings. The lowest BCUT2D eigenvalue weighted by atomic mass is 9.77. The Hall–Kier alpha value is -5.12. The summed E-state index contributed by atoms with van der Waals surface area (Å²) >= 11 is 0. The first-order chi connectivity index (χ1) is 19.6. The minimum Gasteiger partial charge on any atom is -0.481 e. The molecule has 1 aliphatic heterocycles. The Balaban J connectivity index is 1.41. The normalized spacial score (nSPS) is 16.1. The molecule has 0 aliphatic carbocycles. The SMILES string of the molecule is Cc1ccc2c(-c3nc(N)c4c(n3)NC(=O)[C@@]4(C)c3ccc(CCC(=O)O)cc3)nn(Cc3ccccc3F)c2c1. The molecule has 0 bridgehead atoms. The Morgan fingerprint density at radius 1 is 1.10 bits per heavy atom. The second-order valence-corrected chi connectivity index (χ2v) is 10.4. The fourth-order valence-electron chi connectivity index (χ4n) is 5.40. The van der Waals surface area contributed by atoms with Gasteiger partial charge in [0.2, 0.25) is 5.91 Å². The van der Waals surface area contributed by atoms with Gasteiger partial charge in [-0.15, -0.1) is 0 Å². The summed E-state index contributed by atoms with van der Waals surface area (Å²) in [7, 11) is 0. The standard InChI is InChI=1S/C31H27FN6O3/c1-17-7-13-21-23(15-17)38(16-19-5-3-4-6-22(19)32)37-26(21)29-34-27(33)25-28(35-29)36-30(41)31(25,2)20-11-8-18(9-12-20)10-14-24(39)40/h3-9,11-13,15H,10,14,16H2,1-2H3,(H,39,40)(H3,33,34,35,36,41)/t31-/m0/s1. The van der Waals surface area contributed by atoms with Gasteiger partial charge in [0.25, 0.3) is 0 Å². The highest BCUT2D eigenvalue weighted by Crippen LogP contribution is 2.45. The highest BCUT2D eigenvalue weighted by Gasteiger charge is 2.47. The maximum atomic E-state index is 14.5. The monoisotopic (exact) mass is 550 g/mol. The number of carbonyl (C=O) groups is 2. The molecule has 0 unspecified atom stereocenters. The number of nitrogens with two attached hydrogens (primary N) is 1. The van der Waals surface area contributed by atoms with Gasteiger partial charge in [0.05, 0.1) is 17.6 Å². The van der Waals surface area contributed by atoms with Crippen LogP contribution in [0.1, 0.15) is 41.2 Å². The van der Waals surface area contributed by atoms with Crippen LogP contribution < -0.4 is 11.1 Å². The van der Waals surface area contributed by atoms with Crippen LogP contribution in [0.2, 0.25) is 0 Å². The molecule has 3 aromatic carbocycles. The molecular formula is C31H27FN6O3. The summed E-state index contributed by atoms with van der Waals surface area (Å²) in [6.07, 6.45) is 0.411. The number of fused-ring (bicyclic) bond motifs is 2. The van der Waals surface area contributed by atoms with Crippen molar-refractivity contribution in [2.24, 2.45) is 0 Å². The lowest BCUT2D eigenvalue weighted by Gasteiger charge is -2.23. The van der Waals surface area contributed by atoms with Crippen molar-refractivity contribution in [3.63, 3.8) is 0 Å². The van der Waals surface area contributed by atoms with Crippen LogP contribution in [0.5, 0.6) is 0 Å². The topological polar surface area (TPSA) is 136 Å². The van der Waals surface area contributed by atoms with Gasteiger partial charge in [0.15, 0.2) is 5.82 Å². The summed E-state index contributed by atoms with van der Waals surface area (Å²) in [6, 6.07) is 19.7. The predicted octanol–water partition coefficient (Wildman–Crippen LogP) is 4.85. The Morgan fingerprint density at radius 3 is 2.59 bits per heavy atom. The third-order valence-corrected chi connectivity index (χ3v) is 7.68. The Morgan fingerprint density at radius 2 is 1.85 bits per heavy atom. The van der Waals surface area contributed by atoms with E-state index in [9.17, 15) is 14.0 Å². The predicted molar refractivity (Wildman–Crippen MR) is 153 cm³/mol. The molecule has 1 atom stereocenters. The summed E-state index contributed by atoms with van der Waals surface area (Å²) in [5.74, 6) is -0.792. The van der Waals surface area contributed by atoms with E-state index in [0.717, 1.165) is 22.0 Å². The second-order valence-electron chi connectivity index (χ2n) is 10.4. The average Bonchev–Trinajstić information content (AvgIpc) is 3.43. The van der Waals surface area contributed by atoms with E-state index in [-0.39, 0.29) is 36.3 Å². The van der Waals surface area contributed by atoms with Crippen LogP contribution in [-0.2, 0) is 28.0 Å². The first-order valence-corrected chi connectivity index (χ1v) is 13.2. The van der Waals surface area contributed by atoms with E-state index in [4.69, 9.17) is 20.9 Å². The molecule has 206 valence electrons. The zero-order valence-corrected chi connectivity index (χ0v) is 22.5. The van der Waals surface area contributed by atoms with Gasteiger partial charge in [0.1, 0.15) is 28.6 Å². The van der Waals surface area contributed by atoms with Gasteiger partial charge < -0.3 is 16.2 Å². The fraction of sp³-hybridized carbons (Fsp3) is 0.194. The first kappa shape index (κ1) is 26.1. The molecule has 2 aromatic heterocycles.